The van der Waals surface area contributed by atoms with Crippen LogP contribution in [0.25, 0.3) is 0 Å². The van der Waals surface area contributed by atoms with Gasteiger partial charge in [-0.3, -0.25) is 4.99 Å². The van der Waals surface area contributed by atoms with Gasteiger partial charge in [-0.15, -0.1) is 0 Å². The van der Waals surface area contributed by atoms with Crippen molar-refractivity contribution in [2.45, 2.75) is 45.2 Å². The first-order valence-electron chi connectivity index (χ1n) is 12.3. The maximum absolute atomic E-state index is 13.4. The summed E-state index contributed by atoms with van der Waals surface area (Å²) in [7, 11) is 4.77. The lowest BCUT2D eigenvalue weighted by Gasteiger charge is -2.45. The predicted molar refractivity (Wildman–Crippen MR) is 139 cm³/mol. The second kappa shape index (κ2) is 10.5. The van der Waals surface area contributed by atoms with Crippen LogP contribution >= 0.6 is 0 Å². The average molecular weight is 513 g/mol. The van der Waals surface area contributed by atoms with Gasteiger partial charge in [0, 0.05) is 20.1 Å². The Morgan fingerprint density at radius 2 is 1.84 bits per heavy atom. The van der Waals surface area contributed by atoms with Crippen molar-refractivity contribution in [2.75, 3.05) is 41.3 Å². The number of aliphatic imine (C=N–C) groups is 1. The predicted octanol–water partition coefficient (Wildman–Crippen LogP) is 3.90. The Bertz CT molecular complexity index is 1170. The number of benzene rings is 2. The third-order valence-electron chi connectivity index (χ3n) is 7.13. The lowest BCUT2D eigenvalue weighted by molar-refractivity contribution is -0.150. The summed E-state index contributed by atoms with van der Waals surface area (Å²) >= 11 is 0. The average Bonchev–Trinajstić information content (AvgIpc) is 3.33. The molecule has 37 heavy (non-hydrogen) atoms. The van der Waals surface area contributed by atoms with Crippen LogP contribution in [0.15, 0.2) is 35.3 Å². The van der Waals surface area contributed by atoms with Crippen LogP contribution in [0.2, 0.25) is 0 Å². The zero-order valence-electron chi connectivity index (χ0n) is 22.4. The molecule has 9 heteroatoms. The fourth-order valence-electron chi connectivity index (χ4n) is 4.95. The first-order valence-corrected chi connectivity index (χ1v) is 12.3. The summed E-state index contributed by atoms with van der Waals surface area (Å²) in [6.45, 7) is 7.31. The maximum Gasteiger partial charge on any atom is 0.334 e. The van der Waals surface area contributed by atoms with Gasteiger partial charge in [0.15, 0.2) is 28.5 Å². The van der Waals surface area contributed by atoms with E-state index in [-0.39, 0.29) is 24.7 Å². The number of carboxylic acids is 1. The van der Waals surface area contributed by atoms with Gasteiger partial charge < -0.3 is 33.7 Å². The van der Waals surface area contributed by atoms with Crippen LogP contribution in [0.4, 0.5) is 0 Å². The third-order valence-corrected chi connectivity index (χ3v) is 7.13. The summed E-state index contributed by atoms with van der Waals surface area (Å²) in [4.78, 5) is 20.0. The highest BCUT2D eigenvalue weighted by Gasteiger charge is 2.49. The van der Waals surface area contributed by atoms with E-state index in [2.05, 4.69) is 20.8 Å². The van der Waals surface area contributed by atoms with Crippen molar-refractivity contribution >= 4 is 12.3 Å². The number of rotatable bonds is 9. The van der Waals surface area contributed by atoms with Crippen molar-refractivity contribution in [1.29, 1.82) is 0 Å². The topological polar surface area (TPSA) is 99.1 Å². The molecule has 2 aromatic carbocycles. The van der Waals surface area contributed by atoms with Crippen LogP contribution in [0, 0.1) is 5.41 Å². The Balaban J connectivity index is 1.86. The van der Waals surface area contributed by atoms with Crippen molar-refractivity contribution < 1.29 is 33.6 Å². The van der Waals surface area contributed by atoms with Gasteiger partial charge >= 0.3 is 5.97 Å². The van der Waals surface area contributed by atoms with Gasteiger partial charge in [-0.1, -0.05) is 26.8 Å². The number of ether oxygens (including phenoxy) is 5. The monoisotopic (exact) mass is 512 g/mol. The van der Waals surface area contributed by atoms with E-state index in [0.717, 1.165) is 11.1 Å². The van der Waals surface area contributed by atoms with Gasteiger partial charge in [0.05, 0.1) is 33.2 Å². The number of carboxylic acid groups (broad SMARTS) is 1. The number of methoxy groups -OCH3 is 3. The van der Waals surface area contributed by atoms with Crippen LogP contribution in [-0.4, -0.2) is 69.6 Å². The standard InChI is InChI=1S/C28H36N2O7/c1-27(2,3)25(15-33-4)29-16-30-10-9-19-12-22(34-5)23(35-6)13-20(19)28(30,26(31)32)14-18-7-8-21-24(11-18)37-17-36-21/h7-8,11-13,16,25H,9-10,14-15,17H2,1-6H3,(H,31,32)/t25-,28+/m1/s1. The van der Waals surface area contributed by atoms with Gasteiger partial charge in [-0.05, 0) is 52.8 Å². The van der Waals surface area contributed by atoms with Crippen LogP contribution in [0.3, 0.4) is 0 Å². The normalized spacial score (nSPS) is 19.6. The first kappa shape index (κ1) is 26.6. The molecule has 2 heterocycles. The molecule has 0 bridgehead atoms. The van der Waals surface area contributed by atoms with Crippen LogP contribution < -0.4 is 18.9 Å². The van der Waals surface area contributed by atoms with E-state index >= 15 is 0 Å². The third kappa shape index (κ3) is 5.05. The van der Waals surface area contributed by atoms with Crippen molar-refractivity contribution in [2.24, 2.45) is 10.4 Å². The molecule has 0 saturated heterocycles. The summed E-state index contributed by atoms with van der Waals surface area (Å²) in [6, 6.07) is 9.06. The fourth-order valence-corrected chi connectivity index (χ4v) is 4.95. The molecule has 1 N–H and O–H groups in total. The summed E-state index contributed by atoms with van der Waals surface area (Å²) in [6.07, 6.45) is 2.50. The molecule has 0 saturated carbocycles. The Kier molecular flexibility index (Phi) is 7.54. The van der Waals surface area contributed by atoms with E-state index < -0.39 is 11.5 Å². The quantitative estimate of drug-likeness (QED) is 0.399. The highest BCUT2D eigenvalue weighted by Crippen LogP contribution is 2.44. The molecule has 2 aliphatic rings. The Hall–Kier alpha value is -3.46. The number of nitrogens with zero attached hydrogens (tertiary/aromatic N) is 2. The Labute approximate surface area is 217 Å². The largest absolute Gasteiger partial charge is 0.493 e. The van der Waals surface area contributed by atoms with E-state index in [1.807, 2.05) is 29.2 Å². The Morgan fingerprint density at radius 1 is 1.14 bits per heavy atom. The molecule has 0 amide bonds. The molecule has 0 spiro atoms. The number of hydrogen-bond donors (Lipinski definition) is 1. The zero-order chi connectivity index (χ0) is 26.8. The summed E-state index contributed by atoms with van der Waals surface area (Å²) in [5, 5.41) is 10.9. The SMILES string of the molecule is COC[C@@H](N=CN1CCc2cc(OC)c(OC)cc2[C@@]1(Cc1ccc2c(c1)OCO2)C(=O)O)C(C)(C)C. The van der Waals surface area contributed by atoms with E-state index in [0.29, 0.717) is 48.1 Å². The summed E-state index contributed by atoms with van der Waals surface area (Å²) in [5.41, 5.74) is 0.735. The molecule has 4 rings (SSSR count). The molecule has 0 unspecified atom stereocenters. The van der Waals surface area contributed by atoms with Crippen LogP contribution in [0.5, 0.6) is 23.0 Å². The number of carbonyl (C=O) groups is 1. The number of fused-ring (bicyclic) bond motifs is 2. The Morgan fingerprint density at radius 3 is 2.49 bits per heavy atom. The molecule has 200 valence electrons. The fraction of sp³-hybridized carbons (Fsp3) is 0.500. The van der Waals surface area contributed by atoms with Crippen molar-refractivity contribution in [3.63, 3.8) is 0 Å². The molecule has 2 aliphatic heterocycles. The van der Waals surface area contributed by atoms with Gasteiger partial charge in [-0.2, -0.15) is 0 Å². The first-order chi connectivity index (χ1) is 17.6. The van der Waals surface area contributed by atoms with Crippen molar-refractivity contribution in [3.8, 4) is 23.0 Å². The highest BCUT2D eigenvalue weighted by molar-refractivity contribution is 5.86. The lowest BCUT2D eigenvalue weighted by atomic mass is 9.76. The van der Waals surface area contributed by atoms with Gasteiger partial charge in [0.2, 0.25) is 6.79 Å². The lowest BCUT2D eigenvalue weighted by Crippen LogP contribution is -2.56. The molecular formula is C28H36N2O7. The van der Waals surface area contributed by atoms with Crippen LogP contribution in [-0.2, 0) is 27.9 Å². The van der Waals surface area contributed by atoms with Crippen molar-refractivity contribution in [3.05, 3.63) is 47.0 Å². The second-order valence-electron chi connectivity index (χ2n) is 10.4. The molecule has 0 fully saturated rings. The molecule has 0 aliphatic carbocycles. The van der Waals surface area contributed by atoms with Gasteiger partial charge in [0.1, 0.15) is 0 Å². The van der Waals surface area contributed by atoms with E-state index in [4.69, 9.17) is 28.7 Å². The molecular weight excluding hydrogens is 476 g/mol. The van der Waals surface area contributed by atoms with E-state index in [9.17, 15) is 9.90 Å². The minimum Gasteiger partial charge on any atom is -0.493 e. The smallest absolute Gasteiger partial charge is 0.334 e. The van der Waals surface area contributed by atoms with Gasteiger partial charge in [-0.25, -0.2) is 4.79 Å². The number of hydrogen-bond acceptors (Lipinski definition) is 7. The molecule has 9 nitrogen and oxygen atoms in total. The molecule has 2 aromatic rings. The van der Waals surface area contributed by atoms with Crippen LogP contribution in [0.1, 0.15) is 37.5 Å². The summed E-state index contributed by atoms with van der Waals surface area (Å²) in [5.74, 6) is 1.31. The summed E-state index contributed by atoms with van der Waals surface area (Å²) < 4.78 is 27.5. The van der Waals surface area contributed by atoms with Crippen molar-refractivity contribution in [1.82, 2.24) is 4.90 Å². The zero-order valence-corrected chi connectivity index (χ0v) is 22.4. The van der Waals surface area contributed by atoms with E-state index in [1.165, 1.54) is 0 Å². The number of aliphatic carboxylic acids is 1. The second-order valence-corrected chi connectivity index (χ2v) is 10.4. The molecule has 0 radical (unpaired) electrons. The minimum atomic E-state index is -1.44. The molecule has 0 aromatic heterocycles. The van der Waals surface area contributed by atoms with Gasteiger partial charge in [0.25, 0.3) is 0 Å². The van der Waals surface area contributed by atoms with E-state index in [1.54, 1.807) is 33.7 Å². The maximum atomic E-state index is 13.4. The highest BCUT2D eigenvalue weighted by atomic mass is 16.7. The molecule has 2 atom stereocenters. The minimum absolute atomic E-state index is 0.148.